The van der Waals surface area contributed by atoms with Crippen molar-refractivity contribution in [2.45, 2.75) is 6.42 Å². The van der Waals surface area contributed by atoms with Gasteiger partial charge in [-0.1, -0.05) is 35.9 Å². The van der Waals surface area contributed by atoms with Crippen LogP contribution in [0, 0.1) is 11.6 Å². The molecule has 1 heterocycles. The van der Waals surface area contributed by atoms with Crippen LogP contribution in [0.4, 0.5) is 13.6 Å². The second-order valence-corrected chi connectivity index (χ2v) is 7.48. The number of nitrogens with one attached hydrogen (secondary N) is 1. The lowest BCUT2D eigenvalue weighted by molar-refractivity contribution is -0.124. The Morgan fingerprint density at radius 1 is 1.10 bits per heavy atom. The highest BCUT2D eigenvalue weighted by molar-refractivity contribution is 8.18. The zero-order chi connectivity index (χ0) is 21.0. The molecule has 1 N–H and O–H groups in total. The van der Waals surface area contributed by atoms with Gasteiger partial charge in [-0.15, -0.1) is 0 Å². The van der Waals surface area contributed by atoms with E-state index in [2.05, 4.69) is 5.32 Å². The molecule has 0 bridgehead atoms. The van der Waals surface area contributed by atoms with Crippen molar-refractivity contribution in [3.05, 3.63) is 75.2 Å². The van der Waals surface area contributed by atoms with Gasteiger partial charge in [0.1, 0.15) is 11.6 Å². The first-order valence-corrected chi connectivity index (χ1v) is 9.75. The summed E-state index contributed by atoms with van der Waals surface area (Å²) in [5, 5.41) is 2.16. The van der Waals surface area contributed by atoms with E-state index in [-0.39, 0.29) is 40.6 Å². The van der Waals surface area contributed by atoms with Gasteiger partial charge >= 0.3 is 0 Å². The van der Waals surface area contributed by atoms with E-state index in [1.165, 1.54) is 42.5 Å². The summed E-state index contributed by atoms with van der Waals surface area (Å²) in [5.41, 5.74) is 0.277. The molecule has 150 valence electrons. The molecule has 0 spiro atoms. The Bertz CT molecular complexity index is 993. The molecule has 0 radical (unpaired) electrons. The van der Waals surface area contributed by atoms with Gasteiger partial charge in [-0.3, -0.25) is 19.3 Å². The van der Waals surface area contributed by atoms with Crippen LogP contribution >= 0.6 is 23.4 Å². The lowest BCUT2D eigenvalue weighted by Crippen LogP contribution is -2.37. The number of rotatable bonds is 6. The molecule has 3 amide bonds. The molecule has 1 saturated heterocycles. The largest absolute Gasteiger partial charge is 0.354 e. The van der Waals surface area contributed by atoms with Gasteiger partial charge in [-0.05, 0) is 36.0 Å². The average molecular weight is 437 g/mol. The van der Waals surface area contributed by atoms with Crippen molar-refractivity contribution in [2.75, 3.05) is 13.1 Å². The van der Waals surface area contributed by atoms with Crippen molar-refractivity contribution in [3.8, 4) is 0 Å². The summed E-state index contributed by atoms with van der Waals surface area (Å²) in [4.78, 5) is 37.6. The van der Waals surface area contributed by atoms with Crippen LogP contribution in [0.1, 0.15) is 11.1 Å². The van der Waals surface area contributed by atoms with Crippen LogP contribution in [0.3, 0.4) is 0 Å². The lowest BCUT2D eigenvalue weighted by atomic mass is 10.1. The number of thioether (sulfide) groups is 1. The fourth-order valence-electron chi connectivity index (χ4n) is 2.66. The maximum absolute atomic E-state index is 13.7. The number of hydrogen-bond donors (Lipinski definition) is 1. The summed E-state index contributed by atoms with van der Waals surface area (Å²) < 4.78 is 27.5. The second-order valence-electron chi connectivity index (χ2n) is 6.08. The minimum atomic E-state index is -0.586. The predicted octanol–water partition coefficient (Wildman–Crippen LogP) is 4.01. The Kier molecular flexibility index (Phi) is 6.66. The molecule has 9 heteroatoms. The standard InChI is InChI=1S/C20H15ClF2N2O3S/c21-14-5-3-7-16(23)13(14)11-18(26)24-8-9-25-19(27)17(29-20(25)28)10-12-4-1-2-6-15(12)22/h1-7,10H,8-9,11H2,(H,24,26)/b17-10-. The molecule has 2 aromatic carbocycles. The Labute approximate surface area is 174 Å². The molecule has 1 aliphatic rings. The molecule has 0 unspecified atom stereocenters. The van der Waals surface area contributed by atoms with Crippen LogP contribution in [0.2, 0.25) is 5.02 Å². The minimum Gasteiger partial charge on any atom is -0.354 e. The summed E-state index contributed by atoms with van der Waals surface area (Å²) in [6.07, 6.45) is 1.06. The molecule has 0 aliphatic carbocycles. The van der Waals surface area contributed by atoms with Crippen LogP contribution in [-0.2, 0) is 16.0 Å². The monoisotopic (exact) mass is 436 g/mol. The topological polar surface area (TPSA) is 66.5 Å². The molecule has 0 saturated carbocycles. The summed E-state index contributed by atoms with van der Waals surface area (Å²) in [6, 6.07) is 10.0. The third-order valence-electron chi connectivity index (χ3n) is 4.12. The van der Waals surface area contributed by atoms with Crippen LogP contribution in [0.25, 0.3) is 6.08 Å². The van der Waals surface area contributed by atoms with Crippen molar-refractivity contribution in [3.63, 3.8) is 0 Å². The number of nitrogens with zero attached hydrogens (tertiary/aromatic N) is 1. The zero-order valence-electron chi connectivity index (χ0n) is 15.0. The van der Waals surface area contributed by atoms with E-state index in [4.69, 9.17) is 11.6 Å². The number of halogens is 3. The van der Waals surface area contributed by atoms with E-state index in [0.29, 0.717) is 11.8 Å². The second kappa shape index (κ2) is 9.19. The SMILES string of the molecule is O=C(Cc1c(F)cccc1Cl)NCCN1C(=O)S/C(=C\c2ccccc2F)C1=O. The first kappa shape index (κ1) is 21.0. The Hall–Kier alpha value is -2.71. The molecule has 1 aliphatic heterocycles. The van der Waals surface area contributed by atoms with Gasteiger partial charge in [-0.2, -0.15) is 0 Å². The van der Waals surface area contributed by atoms with Crippen molar-refractivity contribution in [1.82, 2.24) is 10.2 Å². The van der Waals surface area contributed by atoms with Gasteiger partial charge in [-0.25, -0.2) is 8.78 Å². The summed E-state index contributed by atoms with van der Waals surface area (Å²) in [5.74, 6) is -2.14. The van der Waals surface area contributed by atoms with E-state index in [1.54, 1.807) is 6.07 Å². The Morgan fingerprint density at radius 3 is 2.55 bits per heavy atom. The minimum absolute atomic E-state index is 0.00404. The van der Waals surface area contributed by atoms with E-state index in [1.807, 2.05) is 0 Å². The molecule has 5 nitrogen and oxygen atoms in total. The van der Waals surface area contributed by atoms with Crippen LogP contribution in [0.15, 0.2) is 47.4 Å². The Balaban J connectivity index is 1.57. The molecular weight excluding hydrogens is 422 g/mol. The summed E-state index contributed by atoms with van der Waals surface area (Å²) >= 11 is 6.59. The summed E-state index contributed by atoms with van der Waals surface area (Å²) in [6.45, 7) is -0.0635. The van der Waals surface area contributed by atoms with Gasteiger partial charge in [0.15, 0.2) is 0 Å². The highest BCUT2D eigenvalue weighted by Crippen LogP contribution is 2.32. The third kappa shape index (κ3) is 5.02. The number of carbonyl (C=O) groups excluding carboxylic acids is 3. The van der Waals surface area contributed by atoms with Gasteiger partial charge in [0.2, 0.25) is 5.91 Å². The van der Waals surface area contributed by atoms with Gasteiger partial charge < -0.3 is 5.32 Å². The van der Waals surface area contributed by atoms with Crippen molar-refractivity contribution in [1.29, 1.82) is 0 Å². The van der Waals surface area contributed by atoms with Crippen molar-refractivity contribution in [2.24, 2.45) is 0 Å². The van der Waals surface area contributed by atoms with E-state index >= 15 is 0 Å². The average Bonchev–Trinajstić information content (AvgIpc) is 2.94. The zero-order valence-corrected chi connectivity index (χ0v) is 16.5. The molecule has 0 atom stereocenters. The highest BCUT2D eigenvalue weighted by Gasteiger charge is 2.34. The third-order valence-corrected chi connectivity index (χ3v) is 5.38. The van der Waals surface area contributed by atoms with Crippen LogP contribution in [-0.4, -0.2) is 35.0 Å². The number of amides is 3. The predicted molar refractivity (Wildman–Crippen MR) is 107 cm³/mol. The maximum Gasteiger partial charge on any atom is 0.293 e. The first-order valence-electron chi connectivity index (χ1n) is 8.56. The fourth-order valence-corrected chi connectivity index (χ4v) is 3.74. The van der Waals surface area contributed by atoms with E-state index in [9.17, 15) is 23.2 Å². The van der Waals surface area contributed by atoms with E-state index in [0.717, 1.165) is 4.90 Å². The van der Waals surface area contributed by atoms with Gasteiger partial charge in [0, 0.05) is 29.2 Å². The van der Waals surface area contributed by atoms with Gasteiger partial charge in [0.05, 0.1) is 11.3 Å². The number of benzene rings is 2. The maximum atomic E-state index is 13.7. The van der Waals surface area contributed by atoms with Gasteiger partial charge in [0.25, 0.3) is 11.1 Å². The lowest BCUT2D eigenvalue weighted by Gasteiger charge is -2.13. The molecule has 1 fully saturated rings. The molecule has 3 rings (SSSR count). The number of carbonyl (C=O) groups is 3. The molecule has 29 heavy (non-hydrogen) atoms. The first-order chi connectivity index (χ1) is 13.9. The highest BCUT2D eigenvalue weighted by atomic mass is 35.5. The smallest absolute Gasteiger partial charge is 0.293 e. The fraction of sp³-hybridized carbons (Fsp3) is 0.150. The summed E-state index contributed by atoms with van der Waals surface area (Å²) in [7, 11) is 0. The number of hydrogen-bond acceptors (Lipinski definition) is 4. The molecule has 2 aromatic rings. The van der Waals surface area contributed by atoms with Crippen LogP contribution in [0.5, 0.6) is 0 Å². The van der Waals surface area contributed by atoms with Crippen molar-refractivity contribution < 1.29 is 23.2 Å². The number of imide groups is 1. The van der Waals surface area contributed by atoms with E-state index < -0.39 is 28.7 Å². The Morgan fingerprint density at radius 2 is 1.83 bits per heavy atom. The quantitative estimate of drug-likeness (QED) is 0.695. The molecular formula is C20H15ClF2N2O3S. The van der Waals surface area contributed by atoms with Crippen LogP contribution < -0.4 is 5.32 Å². The molecule has 0 aromatic heterocycles. The van der Waals surface area contributed by atoms with Crippen molar-refractivity contribution >= 4 is 46.5 Å². The normalized spacial score (nSPS) is 15.3.